The summed E-state index contributed by atoms with van der Waals surface area (Å²) in [6.45, 7) is 2.85. The van der Waals surface area contributed by atoms with E-state index in [4.69, 9.17) is 4.74 Å². The first-order chi connectivity index (χ1) is 13.1. The molecular weight excluding hydrogens is 338 g/mol. The van der Waals surface area contributed by atoms with E-state index >= 15 is 0 Å². The maximum atomic E-state index is 12.7. The van der Waals surface area contributed by atoms with Crippen molar-refractivity contribution in [3.63, 3.8) is 0 Å². The van der Waals surface area contributed by atoms with Gasteiger partial charge in [-0.25, -0.2) is 4.79 Å². The number of ether oxygens (including phenoxy) is 1. The molecule has 1 aliphatic rings. The first-order valence-corrected chi connectivity index (χ1v) is 9.17. The minimum Gasteiger partial charge on any atom is -0.449 e. The second-order valence-electron chi connectivity index (χ2n) is 6.89. The van der Waals surface area contributed by atoms with Crippen LogP contribution in [0.15, 0.2) is 66.7 Å². The van der Waals surface area contributed by atoms with Crippen LogP contribution in [-0.4, -0.2) is 29.4 Å². The molecule has 0 N–H and O–H groups in total. The van der Waals surface area contributed by atoms with Crippen LogP contribution in [0.2, 0.25) is 0 Å². The Bertz CT molecular complexity index is 1010. The Balaban J connectivity index is 1.44. The van der Waals surface area contributed by atoms with Gasteiger partial charge in [-0.05, 0) is 47.4 Å². The first-order valence-electron chi connectivity index (χ1n) is 9.17. The number of carbonyl (C=O) groups excluding carboxylic acids is 2. The molecule has 1 atom stereocenters. The Morgan fingerprint density at radius 2 is 1.63 bits per heavy atom. The number of nitrogens with zero attached hydrogens (tertiary/aromatic N) is 1. The van der Waals surface area contributed by atoms with Gasteiger partial charge in [0.25, 0.3) is 5.91 Å². The third kappa shape index (κ3) is 3.56. The molecule has 0 radical (unpaired) electrons. The molecule has 3 aromatic rings. The highest BCUT2D eigenvalue weighted by Crippen LogP contribution is 2.20. The fourth-order valence-corrected chi connectivity index (χ4v) is 3.54. The van der Waals surface area contributed by atoms with Gasteiger partial charge in [-0.3, -0.25) is 4.79 Å². The van der Waals surface area contributed by atoms with Crippen LogP contribution >= 0.6 is 0 Å². The molecule has 1 aliphatic heterocycles. The quantitative estimate of drug-likeness (QED) is 0.665. The van der Waals surface area contributed by atoms with Gasteiger partial charge in [0.1, 0.15) is 0 Å². The normalized spacial score (nSPS) is 14.5. The number of amides is 1. The zero-order valence-electron chi connectivity index (χ0n) is 15.2. The predicted octanol–water partition coefficient (Wildman–Crippen LogP) is 3.97. The molecule has 0 spiro atoms. The van der Waals surface area contributed by atoms with Gasteiger partial charge < -0.3 is 9.64 Å². The van der Waals surface area contributed by atoms with E-state index in [9.17, 15) is 9.59 Å². The molecule has 0 saturated carbocycles. The van der Waals surface area contributed by atoms with Gasteiger partial charge in [0.15, 0.2) is 6.10 Å². The second kappa shape index (κ2) is 7.23. The summed E-state index contributed by atoms with van der Waals surface area (Å²) in [7, 11) is 0. The van der Waals surface area contributed by atoms with E-state index in [0.29, 0.717) is 18.7 Å². The number of hydrogen-bond acceptors (Lipinski definition) is 3. The van der Waals surface area contributed by atoms with Crippen LogP contribution in [0.3, 0.4) is 0 Å². The lowest BCUT2D eigenvalue weighted by Gasteiger charge is -2.30. The zero-order valence-corrected chi connectivity index (χ0v) is 15.2. The Morgan fingerprint density at radius 1 is 0.926 bits per heavy atom. The lowest BCUT2D eigenvalue weighted by Crippen LogP contribution is -2.42. The Hall–Kier alpha value is -3.14. The van der Waals surface area contributed by atoms with Crippen LogP contribution in [0.25, 0.3) is 10.8 Å². The van der Waals surface area contributed by atoms with Gasteiger partial charge >= 0.3 is 5.97 Å². The molecule has 0 aliphatic carbocycles. The van der Waals surface area contributed by atoms with E-state index in [0.717, 1.165) is 22.8 Å². The van der Waals surface area contributed by atoms with Gasteiger partial charge in [-0.2, -0.15) is 0 Å². The van der Waals surface area contributed by atoms with Gasteiger partial charge in [0.2, 0.25) is 0 Å². The summed E-state index contributed by atoms with van der Waals surface area (Å²) >= 11 is 0. The summed E-state index contributed by atoms with van der Waals surface area (Å²) in [6, 6.07) is 21.4. The fourth-order valence-electron chi connectivity index (χ4n) is 3.54. The monoisotopic (exact) mass is 359 g/mol. The number of benzene rings is 3. The van der Waals surface area contributed by atoms with Crippen LogP contribution in [0.1, 0.15) is 28.4 Å². The molecule has 0 fully saturated rings. The number of carbonyl (C=O) groups is 2. The van der Waals surface area contributed by atoms with Crippen LogP contribution in [0, 0.1) is 0 Å². The second-order valence-corrected chi connectivity index (χ2v) is 6.89. The van der Waals surface area contributed by atoms with Crippen molar-refractivity contribution in [2.45, 2.75) is 26.0 Å². The van der Waals surface area contributed by atoms with Gasteiger partial charge in [-0.1, -0.05) is 54.6 Å². The summed E-state index contributed by atoms with van der Waals surface area (Å²) in [5, 5.41) is 2.03. The highest BCUT2D eigenvalue weighted by molar-refractivity contribution is 5.96. The van der Waals surface area contributed by atoms with Crippen molar-refractivity contribution in [1.29, 1.82) is 0 Å². The number of esters is 1. The average molecular weight is 359 g/mol. The summed E-state index contributed by atoms with van der Waals surface area (Å²) < 4.78 is 5.46. The average Bonchev–Trinajstić information content (AvgIpc) is 2.72. The standard InChI is InChI=1S/C23H21NO3/c1-16(22(25)24-13-12-18-7-3-5-9-21(18)15-24)27-23(26)20-11-10-17-6-2-4-8-19(17)14-20/h2-11,14,16H,12-13,15H2,1H3/t16-/m1/s1. The lowest BCUT2D eigenvalue weighted by molar-refractivity contribution is -0.140. The SMILES string of the molecule is C[C@@H](OC(=O)c1ccc2ccccc2c1)C(=O)N1CCc2ccccc2C1. The zero-order chi connectivity index (χ0) is 18.8. The number of fused-ring (bicyclic) bond motifs is 2. The van der Waals surface area contributed by atoms with Crippen molar-refractivity contribution in [3.8, 4) is 0 Å². The van der Waals surface area contributed by atoms with Gasteiger partial charge in [0.05, 0.1) is 5.56 Å². The van der Waals surface area contributed by atoms with E-state index in [-0.39, 0.29) is 5.91 Å². The molecule has 27 heavy (non-hydrogen) atoms. The van der Waals surface area contributed by atoms with E-state index < -0.39 is 12.1 Å². The molecule has 0 bridgehead atoms. The Morgan fingerprint density at radius 3 is 2.44 bits per heavy atom. The molecule has 4 rings (SSSR count). The maximum Gasteiger partial charge on any atom is 0.338 e. The van der Waals surface area contributed by atoms with Crippen LogP contribution in [0.5, 0.6) is 0 Å². The Labute approximate surface area is 158 Å². The molecular formula is C23H21NO3. The predicted molar refractivity (Wildman–Crippen MR) is 104 cm³/mol. The van der Waals surface area contributed by atoms with Gasteiger partial charge in [0, 0.05) is 13.1 Å². The molecule has 4 nitrogen and oxygen atoms in total. The highest BCUT2D eigenvalue weighted by atomic mass is 16.5. The third-order valence-corrected chi connectivity index (χ3v) is 5.06. The summed E-state index contributed by atoms with van der Waals surface area (Å²) in [5.41, 5.74) is 2.89. The maximum absolute atomic E-state index is 12.7. The van der Waals surface area contributed by atoms with Gasteiger partial charge in [-0.15, -0.1) is 0 Å². The van der Waals surface area contributed by atoms with E-state index in [2.05, 4.69) is 6.07 Å². The molecule has 1 heterocycles. The molecule has 4 heteroatoms. The van der Waals surface area contributed by atoms with E-state index in [1.165, 1.54) is 5.56 Å². The number of rotatable bonds is 3. The minimum atomic E-state index is -0.811. The van der Waals surface area contributed by atoms with Crippen molar-refractivity contribution in [2.24, 2.45) is 0 Å². The summed E-state index contributed by atoms with van der Waals surface area (Å²) in [5.74, 6) is -0.627. The summed E-state index contributed by atoms with van der Waals surface area (Å²) in [4.78, 5) is 27.0. The molecule has 3 aromatic carbocycles. The number of hydrogen-bond donors (Lipinski definition) is 0. The molecule has 0 saturated heterocycles. The molecule has 0 unspecified atom stereocenters. The van der Waals surface area contributed by atoms with E-state index in [1.807, 2.05) is 48.5 Å². The molecule has 136 valence electrons. The largest absolute Gasteiger partial charge is 0.449 e. The summed E-state index contributed by atoms with van der Waals surface area (Å²) in [6.07, 6.45) is 0.0157. The Kier molecular flexibility index (Phi) is 4.63. The van der Waals surface area contributed by atoms with Crippen LogP contribution in [0.4, 0.5) is 0 Å². The lowest BCUT2D eigenvalue weighted by atomic mass is 9.99. The van der Waals surface area contributed by atoms with Crippen molar-refractivity contribution < 1.29 is 14.3 Å². The molecule has 0 aromatic heterocycles. The smallest absolute Gasteiger partial charge is 0.338 e. The van der Waals surface area contributed by atoms with Crippen molar-refractivity contribution in [2.75, 3.05) is 6.54 Å². The molecule has 1 amide bonds. The van der Waals surface area contributed by atoms with Crippen molar-refractivity contribution >= 4 is 22.6 Å². The third-order valence-electron chi connectivity index (χ3n) is 5.06. The first kappa shape index (κ1) is 17.3. The van der Waals surface area contributed by atoms with Crippen molar-refractivity contribution in [3.05, 3.63) is 83.4 Å². The van der Waals surface area contributed by atoms with Crippen LogP contribution < -0.4 is 0 Å². The van der Waals surface area contributed by atoms with Crippen molar-refractivity contribution in [1.82, 2.24) is 4.90 Å². The van der Waals surface area contributed by atoms with E-state index in [1.54, 1.807) is 24.0 Å². The fraction of sp³-hybridized carbons (Fsp3) is 0.217. The highest BCUT2D eigenvalue weighted by Gasteiger charge is 2.27. The minimum absolute atomic E-state index is 0.154. The topological polar surface area (TPSA) is 46.6 Å². The van der Waals surface area contributed by atoms with Crippen LogP contribution in [-0.2, 0) is 22.5 Å².